The van der Waals surface area contributed by atoms with Gasteiger partial charge in [-0.25, -0.2) is 4.98 Å². The average molecular weight is 277 g/mol. The fourth-order valence-corrected chi connectivity index (χ4v) is 1.63. The number of nitrogens with one attached hydrogen (secondary N) is 1. The van der Waals surface area contributed by atoms with Gasteiger partial charge in [-0.2, -0.15) is 4.39 Å². The summed E-state index contributed by atoms with van der Waals surface area (Å²) in [4.78, 5) is 13.9. The topological polar surface area (TPSA) is 77.3 Å². The van der Waals surface area contributed by atoms with E-state index in [1.807, 2.05) is 0 Å². The maximum Gasteiger partial charge on any atom is 0.304 e. The van der Waals surface area contributed by atoms with Gasteiger partial charge in [0.25, 0.3) is 0 Å². The first-order chi connectivity index (χ1) is 9.60. The van der Waals surface area contributed by atoms with Gasteiger partial charge in [0.05, 0.1) is 24.3 Å². The van der Waals surface area contributed by atoms with Crippen LogP contribution in [0.15, 0.2) is 36.4 Å². The van der Waals surface area contributed by atoms with E-state index in [1.54, 1.807) is 18.2 Å². The molecule has 20 heavy (non-hydrogen) atoms. The van der Waals surface area contributed by atoms with Gasteiger partial charge >= 0.3 is 5.69 Å². The maximum absolute atomic E-state index is 13.4. The molecule has 0 spiro atoms. The van der Waals surface area contributed by atoms with Crippen LogP contribution in [0.3, 0.4) is 0 Å². The Hall–Kier alpha value is -2.70. The quantitative estimate of drug-likeness (QED) is 0.671. The molecule has 0 atom stereocenters. The maximum atomic E-state index is 13.4. The van der Waals surface area contributed by atoms with Gasteiger partial charge in [0.1, 0.15) is 0 Å². The molecule has 1 N–H and O–H groups in total. The number of halogens is 1. The van der Waals surface area contributed by atoms with Crippen molar-refractivity contribution in [2.75, 3.05) is 12.4 Å². The standard InChI is InChI=1S/C13H12FN3O3/c1-20-13-4-2-3-10(16-13)8-15-9-5-6-12(17(18)19)11(14)7-9/h2-7,15H,8H2,1H3. The summed E-state index contributed by atoms with van der Waals surface area (Å²) in [6, 6.07) is 8.95. The third kappa shape index (κ3) is 3.19. The van der Waals surface area contributed by atoms with Gasteiger partial charge in [0, 0.05) is 23.9 Å². The zero-order chi connectivity index (χ0) is 14.5. The summed E-state index contributed by atoms with van der Waals surface area (Å²) in [5, 5.41) is 13.4. The van der Waals surface area contributed by atoms with Gasteiger partial charge in [-0.05, 0) is 12.1 Å². The number of methoxy groups -OCH3 is 1. The normalized spacial score (nSPS) is 10.1. The van der Waals surface area contributed by atoms with Crippen molar-refractivity contribution >= 4 is 11.4 Å². The molecule has 0 aliphatic heterocycles. The van der Waals surface area contributed by atoms with Gasteiger partial charge in [0.2, 0.25) is 11.7 Å². The van der Waals surface area contributed by atoms with Crippen molar-refractivity contribution in [3.05, 3.63) is 58.0 Å². The van der Waals surface area contributed by atoms with Crippen molar-refractivity contribution in [2.24, 2.45) is 0 Å². The zero-order valence-corrected chi connectivity index (χ0v) is 10.7. The number of nitro benzene ring substituents is 1. The van der Waals surface area contributed by atoms with Crippen LogP contribution in [0.25, 0.3) is 0 Å². The second-order valence-corrected chi connectivity index (χ2v) is 3.95. The third-order valence-electron chi connectivity index (χ3n) is 2.61. The number of nitrogens with zero attached hydrogens (tertiary/aromatic N) is 2. The van der Waals surface area contributed by atoms with Crippen LogP contribution >= 0.6 is 0 Å². The lowest BCUT2D eigenvalue weighted by atomic mass is 10.2. The average Bonchev–Trinajstić information content (AvgIpc) is 2.45. The minimum Gasteiger partial charge on any atom is -0.481 e. The Morgan fingerprint density at radius 2 is 2.20 bits per heavy atom. The van der Waals surface area contributed by atoms with Crippen molar-refractivity contribution in [1.29, 1.82) is 0 Å². The predicted octanol–water partition coefficient (Wildman–Crippen LogP) is 2.75. The highest BCUT2D eigenvalue weighted by Gasteiger charge is 2.13. The largest absolute Gasteiger partial charge is 0.481 e. The van der Waals surface area contributed by atoms with Crippen molar-refractivity contribution in [1.82, 2.24) is 4.98 Å². The van der Waals surface area contributed by atoms with Crippen LogP contribution in [0.1, 0.15) is 5.69 Å². The first kappa shape index (κ1) is 13.7. The molecule has 0 saturated carbocycles. The molecular weight excluding hydrogens is 265 g/mol. The van der Waals surface area contributed by atoms with Gasteiger partial charge in [0.15, 0.2) is 0 Å². The summed E-state index contributed by atoms with van der Waals surface area (Å²) in [5.74, 6) is -0.391. The lowest BCUT2D eigenvalue weighted by Crippen LogP contribution is -2.03. The number of ether oxygens (including phenoxy) is 1. The van der Waals surface area contributed by atoms with E-state index in [2.05, 4.69) is 10.3 Å². The van der Waals surface area contributed by atoms with Crippen molar-refractivity contribution < 1.29 is 14.1 Å². The van der Waals surface area contributed by atoms with Crippen LogP contribution in [0.2, 0.25) is 0 Å². The van der Waals surface area contributed by atoms with Crippen LogP contribution in [0.5, 0.6) is 5.88 Å². The Morgan fingerprint density at radius 3 is 2.85 bits per heavy atom. The number of aromatic nitrogens is 1. The third-order valence-corrected chi connectivity index (χ3v) is 2.61. The molecule has 0 radical (unpaired) electrons. The molecule has 104 valence electrons. The Balaban J connectivity index is 2.07. The molecule has 1 heterocycles. The molecule has 0 amide bonds. The van der Waals surface area contributed by atoms with Gasteiger partial charge < -0.3 is 10.1 Å². The summed E-state index contributed by atoms with van der Waals surface area (Å²) in [6.45, 7) is 0.356. The molecule has 2 aromatic rings. The minimum atomic E-state index is -0.876. The fourth-order valence-electron chi connectivity index (χ4n) is 1.63. The van der Waals surface area contributed by atoms with E-state index in [0.29, 0.717) is 23.8 Å². The van der Waals surface area contributed by atoms with Crippen LogP contribution in [0.4, 0.5) is 15.8 Å². The Morgan fingerprint density at radius 1 is 1.40 bits per heavy atom. The predicted molar refractivity (Wildman–Crippen MR) is 71.2 cm³/mol. The molecule has 0 aliphatic carbocycles. The van der Waals surface area contributed by atoms with Gasteiger partial charge in [-0.3, -0.25) is 10.1 Å². The van der Waals surface area contributed by atoms with E-state index in [1.165, 1.54) is 13.2 Å². The number of hydrogen-bond acceptors (Lipinski definition) is 5. The number of anilines is 1. The summed E-state index contributed by atoms with van der Waals surface area (Å²) in [6.07, 6.45) is 0. The lowest BCUT2D eigenvalue weighted by Gasteiger charge is -2.07. The molecule has 0 fully saturated rings. The second kappa shape index (κ2) is 5.96. The van der Waals surface area contributed by atoms with E-state index in [-0.39, 0.29) is 0 Å². The summed E-state index contributed by atoms with van der Waals surface area (Å²) in [7, 11) is 1.52. The van der Waals surface area contributed by atoms with E-state index in [4.69, 9.17) is 4.74 Å². The molecule has 7 heteroatoms. The van der Waals surface area contributed by atoms with Gasteiger partial charge in [-0.15, -0.1) is 0 Å². The fraction of sp³-hybridized carbons (Fsp3) is 0.154. The molecule has 0 aliphatic rings. The zero-order valence-electron chi connectivity index (χ0n) is 10.7. The monoisotopic (exact) mass is 277 g/mol. The number of benzene rings is 1. The van der Waals surface area contributed by atoms with Crippen LogP contribution in [-0.2, 0) is 6.54 Å². The smallest absolute Gasteiger partial charge is 0.304 e. The van der Waals surface area contributed by atoms with Gasteiger partial charge in [-0.1, -0.05) is 6.07 Å². The van der Waals surface area contributed by atoms with E-state index >= 15 is 0 Å². The highest BCUT2D eigenvalue weighted by Crippen LogP contribution is 2.21. The number of hydrogen-bond donors (Lipinski definition) is 1. The van der Waals surface area contributed by atoms with Crippen LogP contribution in [-0.4, -0.2) is 17.0 Å². The minimum absolute atomic E-state index is 0.356. The first-order valence-corrected chi connectivity index (χ1v) is 5.78. The van der Waals surface area contributed by atoms with E-state index in [0.717, 1.165) is 12.1 Å². The second-order valence-electron chi connectivity index (χ2n) is 3.95. The number of pyridine rings is 1. The molecule has 0 saturated heterocycles. The highest BCUT2D eigenvalue weighted by atomic mass is 19.1. The SMILES string of the molecule is COc1cccc(CNc2ccc([N+](=O)[O-])c(F)c2)n1. The number of rotatable bonds is 5. The molecule has 0 unspecified atom stereocenters. The molecule has 1 aromatic carbocycles. The molecular formula is C13H12FN3O3. The van der Waals surface area contributed by atoms with Crippen molar-refractivity contribution in [3.63, 3.8) is 0 Å². The van der Waals surface area contributed by atoms with Crippen molar-refractivity contribution in [3.8, 4) is 5.88 Å². The van der Waals surface area contributed by atoms with Crippen LogP contribution in [0, 0.1) is 15.9 Å². The Bertz CT molecular complexity index is 634. The van der Waals surface area contributed by atoms with E-state index in [9.17, 15) is 14.5 Å². The number of nitro groups is 1. The summed E-state index contributed by atoms with van der Waals surface area (Å²) < 4.78 is 18.4. The lowest BCUT2D eigenvalue weighted by molar-refractivity contribution is -0.387. The molecule has 2 rings (SSSR count). The summed E-state index contributed by atoms with van der Waals surface area (Å²) in [5.41, 5.74) is 0.607. The van der Waals surface area contributed by atoms with Crippen LogP contribution < -0.4 is 10.1 Å². The van der Waals surface area contributed by atoms with Crippen molar-refractivity contribution in [2.45, 2.75) is 6.54 Å². The highest BCUT2D eigenvalue weighted by molar-refractivity contribution is 5.49. The molecule has 0 bridgehead atoms. The molecule has 6 nitrogen and oxygen atoms in total. The first-order valence-electron chi connectivity index (χ1n) is 5.78. The Kier molecular flexibility index (Phi) is 4.09. The Labute approximate surface area is 114 Å². The summed E-state index contributed by atoms with van der Waals surface area (Å²) >= 11 is 0. The molecule has 1 aromatic heterocycles. The van der Waals surface area contributed by atoms with E-state index < -0.39 is 16.4 Å².